The summed E-state index contributed by atoms with van der Waals surface area (Å²) in [5.41, 5.74) is -2.16. The maximum atomic E-state index is 13.0. The fraction of sp³-hybridized carbons (Fsp3) is 0.333. The van der Waals surface area contributed by atoms with Crippen molar-refractivity contribution in [1.29, 1.82) is 0 Å². The average Bonchev–Trinajstić information content (AvgIpc) is 3.31. The number of rotatable bonds is 4. The van der Waals surface area contributed by atoms with E-state index >= 15 is 0 Å². The highest BCUT2D eigenvalue weighted by molar-refractivity contribution is 6.33. The van der Waals surface area contributed by atoms with Crippen molar-refractivity contribution >= 4 is 29.1 Å². The Morgan fingerprint density at radius 1 is 0.962 bits per heavy atom. The maximum Gasteiger partial charge on any atom is 0.433 e. The fourth-order valence-corrected chi connectivity index (χ4v) is 2.29. The SMILES string of the molecule is FC(F)(F)c1ccc(Nc2cc(C(F)(F)F)nc(NC3CC3)n2)c(Cl)c1. The predicted molar refractivity (Wildman–Crippen MR) is 83.4 cm³/mol. The number of alkyl halides is 6. The molecule has 0 unspecified atom stereocenters. The zero-order valence-corrected chi connectivity index (χ0v) is 13.6. The Kier molecular flexibility index (Phi) is 4.63. The number of halogens is 7. The number of anilines is 3. The molecule has 1 fully saturated rings. The van der Waals surface area contributed by atoms with Crippen LogP contribution in [-0.2, 0) is 12.4 Å². The molecule has 3 rings (SSSR count). The van der Waals surface area contributed by atoms with E-state index < -0.39 is 23.6 Å². The van der Waals surface area contributed by atoms with Gasteiger partial charge in [-0.25, -0.2) is 4.98 Å². The molecule has 0 radical (unpaired) electrons. The summed E-state index contributed by atoms with van der Waals surface area (Å²) >= 11 is 5.81. The van der Waals surface area contributed by atoms with Gasteiger partial charge in [0, 0.05) is 12.1 Å². The number of benzene rings is 1. The average molecular weight is 397 g/mol. The molecular weight excluding hydrogens is 386 g/mol. The molecule has 26 heavy (non-hydrogen) atoms. The Balaban J connectivity index is 1.91. The zero-order valence-electron chi connectivity index (χ0n) is 12.8. The largest absolute Gasteiger partial charge is 0.433 e. The summed E-state index contributed by atoms with van der Waals surface area (Å²) < 4.78 is 77.0. The van der Waals surface area contributed by atoms with E-state index in [1.165, 1.54) is 0 Å². The molecule has 1 heterocycles. The maximum absolute atomic E-state index is 13.0. The van der Waals surface area contributed by atoms with Gasteiger partial charge in [0.1, 0.15) is 5.82 Å². The molecule has 0 bridgehead atoms. The number of hydrogen-bond acceptors (Lipinski definition) is 4. The molecule has 0 aliphatic heterocycles. The summed E-state index contributed by atoms with van der Waals surface area (Å²) in [5, 5.41) is 4.96. The zero-order chi connectivity index (χ0) is 19.1. The quantitative estimate of drug-likeness (QED) is 0.671. The van der Waals surface area contributed by atoms with Gasteiger partial charge in [-0.2, -0.15) is 31.3 Å². The van der Waals surface area contributed by atoms with Gasteiger partial charge in [0.15, 0.2) is 5.69 Å². The third-order valence-corrected chi connectivity index (χ3v) is 3.80. The minimum atomic E-state index is -4.71. The van der Waals surface area contributed by atoms with Crippen LogP contribution in [0.15, 0.2) is 24.3 Å². The van der Waals surface area contributed by atoms with Crippen molar-refractivity contribution < 1.29 is 26.3 Å². The normalized spacial score (nSPS) is 15.0. The molecule has 2 aromatic rings. The van der Waals surface area contributed by atoms with Crippen LogP contribution in [0, 0.1) is 0 Å². The van der Waals surface area contributed by atoms with E-state index in [0.717, 1.165) is 25.0 Å². The van der Waals surface area contributed by atoms with Crippen molar-refractivity contribution in [3.8, 4) is 0 Å². The summed E-state index contributed by atoms with van der Waals surface area (Å²) in [4.78, 5) is 7.35. The molecular formula is C15H11ClF6N4. The molecule has 1 aromatic heterocycles. The van der Waals surface area contributed by atoms with Crippen LogP contribution in [0.1, 0.15) is 24.1 Å². The lowest BCUT2D eigenvalue weighted by Crippen LogP contribution is -2.14. The summed E-state index contributed by atoms with van der Waals surface area (Å²) in [7, 11) is 0. The first-order valence-corrected chi connectivity index (χ1v) is 7.77. The van der Waals surface area contributed by atoms with Crippen molar-refractivity contribution in [3.63, 3.8) is 0 Å². The Hall–Kier alpha value is -2.23. The Morgan fingerprint density at radius 2 is 1.65 bits per heavy atom. The van der Waals surface area contributed by atoms with Gasteiger partial charge in [-0.15, -0.1) is 0 Å². The number of nitrogens with one attached hydrogen (secondary N) is 2. The van der Waals surface area contributed by atoms with Crippen LogP contribution < -0.4 is 10.6 Å². The van der Waals surface area contributed by atoms with E-state index in [4.69, 9.17) is 11.6 Å². The van der Waals surface area contributed by atoms with Crippen LogP contribution in [0.3, 0.4) is 0 Å². The second-order valence-corrected chi connectivity index (χ2v) is 6.10. The molecule has 0 amide bonds. The monoisotopic (exact) mass is 396 g/mol. The van der Waals surface area contributed by atoms with E-state index in [9.17, 15) is 26.3 Å². The lowest BCUT2D eigenvalue weighted by molar-refractivity contribution is -0.141. The molecule has 1 aliphatic carbocycles. The number of nitrogens with zero attached hydrogens (tertiary/aromatic N) is 2. The molecule has 11 heteroatoms. The third-order valence-electron chi connectivity index (χ3n) is 3.49. The number of hydrogen-bond donors (Lipinski definition) is 2. The predicted octanol–water partition coefficient (Wildman–Crippen LogP) is 5.49. The Labute approximate surface area is 148 Å². The highest BCUT2D eigenvalue weighted by atomic mass is 35.5. The first-order chi connectivity index (χ1) is 12.0. The van der Waals surface area contributed by atoms with Gasteiger partial charge in [0.2, 0.25) is 5.95 Å². The summed E-state index contributed by atoms with van der Waals surface area (Å²) in [5.74, 6) is -0.454. The standard InChI is InChI=1S/C15H11ClF6N4/c16-9-5-7(14(17,18)19)1-4-10(9)24-12-6-11(15(20,21)22)25-13(26-12)23-8-2-3-8/h1,4-6,8H,2-3H2,(H2,23,24,25,26). The van der Waals surface area contributed by atoms with Gasteiger partial charge in [0.05, 0.1) is 16.3 Å². The van der Waals surface area contributed by atoms with Crippen LogP contribution in [0.4, 0.5) is 43.8 Å². The molecule has 0 atom stereocenters. The number of aromatic nitrogens is 2. The Morgan fingerprint density at radius 3 is 2.19 bits per heavy atom. The van der Waals surface area contributed by atoms with Crippen molar-refractivity contribution in [2.24, 2.45) is 0 Å². The van der Waals surface area contributed by atoms with Gasteiger partial charge in [-0.1, -0.05) is 11.6 Å². The van der Waals surface area contributed by atoms with Gasteiger partial charge < -0.3 is 10.6 Å². The molecule has 140 valence electrons. The van der Waals surface area contributed by atoms with E-state index in [0.29, 0.717) is 12.1 Å². The summed E-state index contributed by atoms with van der Waals surface area (Å²) in [6, 6.07) is 3.14. The molecule has 4 nitrogen and oxygen atoms in total. The minimum absolute atomic E-state index is 0.0103. The topological polar surface area (TPSA) is 49.8 Å². The molecule has 0 spiro atoms. The molecule has 1 aromatic carbocycles. The van der Waals surface area contributed by atoms with Crippen molar-refractivity contribution in [1.82, 2.24) is 9.97 Å². The highest BCUT2D eigenvalue weighted by Crippen LogP contribution is 2.36. The van der Waals surface area contributed by atoms with E-state index in [1.807, 2.05) is 0 Å². The lowest BCUT2D eigenvalue weighted by Gasteiger charge is -2.14. The first kappa shape index (κ1) is 18.6. The van der Waals surface area contributed by atoms with Crippen LogP contribution in [-0.4, -0.2) is 16.0 Å². The van der Waals surface area contributed by atoms with E-state index in [-0.39, 0.29) is 28.5 Å². The van der Waals surface area contributed by atoms with Crippen LogP contribution in [0.5, 0.6) is 0 Å². The van der Waals surface area contributed by atoms with Gasteiger partial charge in [0.25, 0.3) is 0 Å². The second kappa shape index (κ2) is 6.49. The smallest absolute Gasteiger partial charge is 0.351 e. The van der Waals surface area contributed by atoms with E-state index in [2.05, 4.69) is 20.6 Å². The third kappa shape index (κ3) is 4.48. The van der Waals surface area contributed by atoms with Gasteiger partial charge >= 0.3 is 12.4 Å². The minimum Gasteiger partial charge on any atom is -0.351 e. The van der Waals surface area contributed by atoms with Gasteiger partial charge in [-0.05, 0) is 31.0 Å². The molecule has 1 aliphatic rings. The van der Waals surface area contributed by atoms with Crippen LogP contribution in [0.2, 0.25) is 5.02 Å². The van der Waals surface area contributed by atoms with Crippen molar-refractivity contribution in [3.05, 3.63) is 40.5 Å². The van der Waals surface area contributed by atoms with Crippen molar-refractivity contribution in [2.45, 2.75) is 31.2 Å². The summed E-state index contributed by atoms with van der Waals surface area (Å²) in [6.07, 6.45) is -7.69. The summed E-state index contributed by atoms with van der Waals surface area (Å²) in [6.45, 7) is 0. The van der Waals surface area contributed by atoms with Crippen LogP contribution >= 0.6 is 11.6 Å². The highest BCUT2D eigenvalue weighted by Gasteiger charge is 2.35. The molecule has 1 saturated carbocycles. The Bertz CT molecular complexity index is 817. The first-order valence-electron chi connectivity index (χ1n) is 7.39. The molecule has 0 saturated heterocycles. The fourth-order valence-electron chi connectivity index (χ4n) is 2.06. The van der Waals surface area contributed by atoms with Gasteiger partial charge in [-0.3, -0.25) is 0 Å². The van der Waals surface area contributed by atoms with Crippen LogP contribution in [0.25, 0.3) is 0 Å². The second-order valence-electron chi connectivity index (χ2n) is 5.70. The van der Waals surface area contributed by atoms with E-state index in [1.54, 1.807) is 0 Å². The molecule has 2 N–H and O–H groups in total. The lowest BCUT2D eigenvalue weighted by atomic mass is 10.2. The van der Waals surface area contributed by atoms with Crippen molar-refractivity contribution in [2.75, 3.05) is 10.6 Å².